The highest BCUT2D eigenvalue weighted by Gasteiger charge is 2.45. The van der Waals surface area contributed by atoms with Crippen molar-refractivity contribution in [2.45, 2.75) is 91.9 Å². The molecule has 0 unspecified atom stereocenters. The molecule has 7 aromatic rings. The molecule has 2 fully saturated rings. The predicted octanol–water partition coefficient (Wildman–Crippen LogP) is 9.28. The summed E-state index contributed by atoms with van der Waals surface area (Å²) in [5, 5.41) is 20.0. The SMILES string of the molecule is Cc1ncsc1-c1ccc([C@H](C)NC(=O)[C@@H]2CC(=O)CN2C(=O)[C@@H](NC(=O)CN2CCC(COc3cccc(-c4ccc(N5CCc6cccc(C(=O)Nc7nc8ccccc8s7)c6C5)nc4C(=O)O)c3C)CC2)C(C)(C)C)cc1. The number of nitrogens with zero attached hydrogens (tertiary/aromatic N) is 6. The number of Topliss-reactive ketones (excluding diaryl/α,β-unsaturated/α-hetero) is 1. The minimum atomic E-state index is -1.16. The third kappa shape index (κ3) is 12.1. The van der Waals surface area contributed by atoms with Gasteiger partial charge in [-0.05, 0) is 134 Å². The van der Waals surface area contributed by atoms with Crippen LogP contribution in [0.2, 0.25) is 0 Å². The number of aryl methyl sites for hydroxylation is 1. The molecule has 4 amide bonds. The zero-order chi connectivity index (χ0) is 56.4. The van der Waals surface area contributed by atoms with Crippen molar-refractivity contribution in [3.8, 4) is 27.3 Å². The Labute approximate surface area is 472 Å². The van der Waals surface area contributed by atoms with Gasteiger partial charge < -0.3 is 30.3 Å². The smallest absolute Gasteiger partial charge is 0.355 e. The first kappa shape index (κ1) is 55.4. The van der Waals surface area contributed by atoms with Gasteiger partial charge in [-0.15, -0.1) is 11.3 Å². The number of carbonyl (C=O) groups excluding carboxylic acids is 5. The van der Waals surface area contributed by atoms with Crippen LogP contribution >= 0.6 is 22.7 Å². The summed E-state index contributed by atoms with van der Waals surface area (Å²) in [6.45, 7) is 13.8. The van der Waals surface area contributed by atoms with Gasteiger partial charge >= 0.3 is 5.97 Å². The molecule has 414 valence electrons. The van der Waals surface area contributed by atoms with E-state index in [0.717, 1.165) is 61.4 Å². The number of nitrogens with one attached hydrogen (secondary N) is 3. The van der Waals surface area contributed by atoms with E-state index in [4.69, 9.17) is 9.72 Å². The molecule has 10 rings (SSSR count). The molecule has 0 saturated carbocycles. The molecule has 0 radical (unpaired) electrons. The standard InChI is InChI=1S/C61H65N9O8S2/c1-35-43(44-21-22-51(65-53(44)59(76)77)69-28-25-40-11-9-13-45(46(40)31-69)56(73)67-60-64-47-14-7-8-16-50(47)80-60)12-10-15-49(35)78-33-38-23-26-68(27-24-38)32-52(72)66-55(61(4,5)6)58(75)70-30-42(71)29-48(70)57(74)63-36(2)39-17-19-41(20-18-39)54-37(3)62-34-79-54/h7-22,34,36,38,48,55H,23-33H2,1-6H3,(H,63,74)(H,66,72)(H,76,77)(H,64,67,73)/t36-,48-,55+/m0/s1. The number of aromatic nitrogens is 3. The van der Waals surface area contributed by atoms with Crippen molar-refractivity contribution in [2.75, 3.05) is 49.5 Å². The number of fused-ring (bicyclic) bond motifs is 2. The second-order valence-electron chi connectivity index (χ2n) is 22.1. The Morgan fingerprint density at radius 2 is 1.61 bits per heavy atom. The Morgan fingerprint density at radius 3 is 2.34 bits per heavy atom. The summed E-state index contributed by atoms with van der Waals surface area (Å²) >= 11 is 2.98. The summed E-state index contributed by atoms with van der Waals surface area (Å²) in [6, 6.07) is 28.2. The van der Waals surface area contributed by atoms with Gasteiger partial charge in [0.05, 0.1) is 52.0 Å². The van der Waals surface area contributed by atoms with Crippen molar-refractivity contribution in [1.82, 2.24) is 35.4 Å². The lowest BCUT2D eigenvalue weighted by Crippen LogP contribution is -2.59. The number of aromatic carboxylic acids is 1. The molecule has 3 aliphatic heterocycles. The third-order valence-corrected chi connectivity index (χ3v) is 17.4. The van der Waals surface area contributed by atoms with Crippen molar-refractivity contribution in [2.24, 2.45) is 11.3 Å². The Kier molecular flexibility index (Phi) is 16.3. The number of ketones is 1. The zero-order valence-electron chi connectivity index (χ0n) is 45.7. The molecule has 3 aliphatic rings. The summed E-state index contributed by atoms with van der Waals surface area (Å²) in [7, 11) is 0. The van der Waals surface area contributed by atoms with Crippen LogP contribution in [0.25, 0.3) is 31.8 Å². The number of benzene rings is 4. The molecular formula is C61H65N9O8S2. The molecule has 4 N–H and O–H groups in total. The first-order chi connectivity index (χ1) is 38.4. The number of para-hydroxylation sites is 1. The van der Waals surface area contributed by atoms with E-state index in [9.17, 15) is 33.9 Å². The van der Waals surface area contributed by atoms with E-state index in [1.54, 1.807) is 23.5 Å². The van der Waals surface area contributed by atoms with Gasteiger partial charge in [0.15, 0.2) is 16.6 Å². The number of likely N-dealkylation sites (tertiary alicyclic amines) is 2. The van der Waals surface area contributed by atoms with Crippen LogP contribution < -0.4 is 25.6 Å². The zero-order valence-corrected chi connectivity index (χ0v) is 47.3. The molecule has 3 atom stereocenters. The molecule has 80 heavy (non-hydrogen) atoms. The fourth-order valence-electron chi connectivity index (χ4n) is 10.9. The van der Waals surface area contributed by atoms with Gasteiger partial charge in [0.25, 0.3) is 5.91 Å². The summed E-state index contributed by atoms with van der Waals surface area (Å²) in [4.78, 5) is 101. The quantitative estimate of drug-likeness (QED) is 0.0711. The van der Waals surface area contributed by atoms with E-state index in [2.05, 4.69) is 30.8 Å². The Bertz CT molecular complexity index is 3480. The number of carbonyl (C=O) groups is 6. The molecule has 6 heterocycles. The average Bonchev–Trinajstić information content (AvgIpc) is 4.23. The lowest BCUT2D eigenvalue weighted by Gasteiger charge is -2.36. The van der Waals surface area contributed by atoms with Crippen LogP contribution in [-0.4, -0.2) is 117 Å². The van der Waals surface area contributed by atoms with E-state index in [-0.39, 0.29) is 54.8 Å². The monoisotopic (exact) mass is 1120 g/mol. The maximum Gasteiger partial charge on any atom is 0.355 e. The summed E-state index contributed by atoms with van der Waals surface area (Å²) < 4.78 is 7.43. The molecule has 2 saturated heterocycles. The molecular weight excluding hydrogens is 1050 g/mol. The second kappa shape index (κ2) is 23.5. The van der Waals surface area contributed by atoms with Crippen LogP contribution in [0, 0.1) is 25.2 Å². The van der Waals surface area contributed by atoms with Crippen LogP contribution in [0.5, 0.6) is 5.75 Å². The molecule has 0 aliphatic carbocycles. The molecule has 3 aromatic heterocycles. The van der Waals surface area contributed by atoms with E-state index in [1.165, 1.54) is 16.2 Å². The molecule has 0 spiro atoms. The van der Waals surface area contributed by atoms with Gasteiger partial charge in [-0.2, -0.15) is 0 Å². The Morgan fingerprint density at radius 1 is 0.850 bits per heavy atom. The lowest BCUT2D eigenvalue weighted by molar-refractivity contribution is -0.144. The van der Waals surface area contributed by atoms with E-state index in [1.807, 2.05) is 137 Å². The number of ether oxygens (including phenoxy) is 1. The van der Waals surface area contributed by atoms with Crippen molar-refractivity contribution in [1.29, 1.82) is 0 Å². The second-order valence-corrected chi connectivity index (χ2v) is 24.0. The minimum Gasteiger partial charge on any atom is -0.493 e. The van der Waals surface area contributed by atoms with Crippen LogP contribution in [0.4, 0.5) is 10.9 Å². The first-order valence-corrected chi connectivity index (χ1v) is 28.7. The fourth-order valence-corrected chi connectivity index (χ4v) is 12.6. The maximum atomic E-state index is 14.3. The lowest BCUT2D eigenvalue weighted by atomic mass is 9.85. The maximum absolute atomic E-state index is 14.3. The largest absolute Gasteiger partial charge is 0.493 e. The normalized spacial score (nSPS) is 16.7. The molecule has 19 heteroatoms. The molecule has 0 bridgehead atoms. The highest BCUT2D eigenvalue weighted by Crippen LogP contribution is 2.36. The number of piperidine rings is 1. The number of thiazole rings is 2. The topological polar surface area (TPSA) is 216 Å². The molecule has 4 aromatic carbocycles. The van der Waals surface area contributed by atoms with Crippen molar-refractivity contribution in [3.05, 3.63) is 142 Å². The number of hydrogen-bond acceptors (Lipinski definition) is 14. The Hall–Kier alpha value is -7.87. The minimum absolute atomic E-state index is 0.0735. The number of hydrogen-bond donors (Lipinski definition) is 4. The van der Waals surface area contributed by atoms with Crippen LogP contribution in [0.15, 0.2) is 103 Å². The van der Waals surface area contributed by atoms with Gasteiger partial charge in [-0.1, -0.05) is 92.8 Å². The highest BCUT2D eigenvalue weighted by atomic mass is 32.1. The van der Waals surface area contributed by atoms with Gasteiger partial charge in [0.1, 0.15) is 23.7 Å². The van der Waals surface area contributed by atoms with Crippen LogP contribution in [0.1, 0.15) is 102 Å². The van der Waals surface area contributed by atoms with Crippen LogP contribution in [0.3, 0.4) is 0 Å². The van der Waals surface area contributed by atoms with Crippen molar-refractivity contribution < 1.29 is 38.6 Å². The number of pyridine rings is 1. The summed E-state index contributed by atoms with van der Waals surface area (Å²) in [5.41, 5.74) is 9.05. The van der Waals surface area contributed by atoms with Gasteiger partial charge in [0, 0.05) is 30.6 Å². The van der Waals surface area contributed by atoms with Gasteiger partial charge in [-0.25, -0.2) is 19.7 Å². The number of rotatable bonds is 16. The number of carboxylic acid groups (broad SMARTS) is 1. The van der Waals surface area contributed by atoms with Gasteiger partial charge in [0.2, 0.25) is 17.7 Å². The van der Waals surface area contributed by atoms with Crippen molar-refractivity contribution >= 4 is 79.2 Å². The summed E-state index contributed by atoms with van der Waals surface area (Å²) in [5.74, 6) is -1.54. The van der Waals surface area contributed by atoms with Crippen LogP contribution in [-0.2, 0) is 32.1 Å². The number of carboxylic acids is 1. The first-order valence-electron chi connectivity index (χ1n) is 27.0. The third-order valence-electron chi connectivity index (χ3n) is 15.5. The van der Waals surface area contributed by atoms with E-state index < -0.39 is 35.3 Å². The van der Waals surface area contributed by atoms with Crippen molar-refractivity contribution in [3.63, 3.8) is 0 Å². The van der Waals surface area contributed by atoms with E-state index >= 15 is 0 Å². The number of anilines is 2. The fraction of sp³-hybridized carbons (Fsp3) is 0.361. The Balaban J connectivity index is 0.723. The predicted molar refractivity (Wildman–Crippen MR) is 310 cm³/mol. The summed E-state index contributed by atoms with van der Waals surface area (Å²) in [6.07, 6.45) is 2.07. The molecule has 17 nitrogen and oxygen atoms in total. The average molecular weight is 1120 g/mol. The highest BCUT2D eigenvalue weighted by molar-refractivity contribution is 7.22. The van der Waals surface area contributed by atoms with Gasteiger partial charge in [-0.3, -0.25) is 34.2 Å². The van der Waals surface area contributed by atoms with E-state index in [0.29, 0.717) is 72.6 Å². The number of amides is 4.